The Morgan fingerprint density at radius 2 is 0.889 bits per heavy atom. The van der Waals surface area contributed by atoms with Gasteiger partial charge in [-0.05, 0) is 10.8 Å². The molecule has 4 heteroatoms. The van der Waals surface area contributed by atoms with Crippen molar-refractivity contribution >= 4 is 0 Å². The summed E-state index contributed by atoms with van der Waals surface area (Å²) in [5, 5.41) is 19.9. The average Bonchev–Trinajstić information content (AvgIpc) is 2.10. The molecule has 0 saturated carbocycles. The average molecular weight is 258 g/mol. The van der Waals surface area contributed by atoms with Crippen LogP contribution in [-0.2, 0) is 10.8 Å². The van der Waals surface area contributed by atoms with Crippen molar-refractivity contribution in [2.24, 2.45) is 0 Å². The van der Waals surface area contributed by atoms with Crippen molar-refractivity contribution in [1.29, 1.82) is 0 Å². The highest BCUT2D eigenvalue weighted by Crippen LogP contribution is 2.46. The molecule has 0 aliphatic carbocycles. The van der Waals surface area contributed by atoms with Gasteiger partial charge in [0.2, 0.25) is 0 Å². The van der Waals surface area contributed by atoms with Gasteiger partial charge in [-0.15, -0.1) is 0 Å². The van der Waals surface area contributed by atoms with Crippen molar-refractivity contribution in [3.8, 4) is 11.5 Å². The van der Waals surface area contributed by atoms with E-state index in [2.05, 4.69) is 0 Å². The van der Waals surface area contributed by atoms with Crippen LogP contribution in [0.2, 0.25) is 0 Å². The van der Waals surface area contributed by atoms with Crippen LogP contribution >= 0.6 is 0 Å². The summed E-state index contributed by atoms with van der Waals surface area (Å²) < 4.78 is 28.2. The molecule has 0 saturated heterocycles. The van der Waals surface area contributed by atoms with Crippen LogP contribution in [-0.4, -0.2) is 10.2 Å². The van der Waals surface area contributed by atoms with E-state index in [1.807, 2.05) is 0 Å². The van der Waals surface area contributed by atoms with Crippen LogP contribution in [0.3, 0.4) is 0 Å². The Kier molecular flexibility index (Phi) is 3.36. The van der Waals surface area contributed by atoms with Gasteiger partial charge >= 0.3 is 0 Å². The normalized spacial score (nSPS) is 12.9. The minimum Gasteiger partial charge on any atom is -0.504 e. The predicted molar refractivity (Wildman–Crippen MR) is 67.1 cm³/mol. The van der Waals surface area contributed by atoms with Gasteiger partial charge in [-0.25, -0.2) is 8.78 Å². The first-order valence-corrected chi connectivity index (χ1v) is 5.83. The fourth-order valence-corrected chi connectivity index (χ4v) is 2.03. The third-order valence-electron chi connectivity index (χ3n) is 2.83. The molecule has 0 amide bonds. The van der Waals surface area contributed by atoms with Gasteiger partial charge < -0.3 is 10.2 Å². The van der Waals surface area contributed by atoms with Crippen molar-refractivity contribution in [2.75, 3.05) is 0 Å². The number of aromatic hydroxyl groups is 2. The largest absolute Gasteiger partial charge is 0.504 e. The number of phenols is 2. The summed E-state index contributed by atoms with van der Waals surface area (Å²) in [6, 6.07) is 0. The second-order valence-electron chi connectivity index (χ2n) is 6.58. The SMILES string of the molecule is CC(C)(C)c1c(O)c(O)c(C(C)(C)C)c(F)c1F. The van der Waals surface area contributed by atoms with Gasteiger partial charge in [-0.1, -0.05) is 41.5 Å². The standard InChI is InChI=1S/C14H20F2O2/c1-13(2,3)7-9(15)10(16)8(14(4,5)6)12(18)11(7)17/h17-18H,1-6H3. The van der Waals surface area contributed by atoms with E-state index in [0.29, 0.717) is 0 Å². The number of rotatable bonds is 0. The van der Waals surface area contributed by atoms with Crippen molar-refractivity contribution in [2.45, 2.75) is 52.4 Å². The van der Waals surface area contributed by atoms with E-state index >= 15 is 0 Å². The molecule has 0 radical (unpaired) electrons. The zero-order chi connectivity index (χ0) is 14.5. The summed E-state index contributed by atoms with van der Waals surface area (Å²) in [7, 11) is 0. The highest BCUT2D eigenvalue weighted by atomic mass is 19.2. The molecular weight excluding hydrogens is 238 g/mol. The second kappa shape index (κ2) is 4.11. The Hall–Kier alpha value is -1.32. The second-order valence-corrected chi connectivity index (χ2v) is 6.58. The highest BCUT2D eigenvalue weighted by molar-refractivity contribution is 5.55. The third-order valence-corrected chi connectivity index (χ3v) is 2.83. The fourth-order valence-electron chi connectivity index (χ4n) is 2.03. The van der Waals surface area contributed by atoms with Crippen molar-refractivity contribution in [3.63, 3.8) is 0 Å². The van der Waals surface area contributed by atoms with Gasteiger partial charge in [-0.2, -0.15) is 0 Å². The molecule has 102 valence electrons. The summed E-state index contributed by atoms with van der Waals surface area (Å²) in [4.78, 5) is 0. The molecule has 0 fully saturated rings. The van der Waals surface area contributed by atoms with Crippen LogP contribution in [0, 0.1) is 11.6 Å². The molecule has 0 atom stereocenters. The van der Waals surface area contributed by atoms with E-state index in [1.165, 1.54) is 0 Å². The molecule has 0 bridgehead atoms. The molecule has 2 N–H and O–H groups in total. The first kappa shape index (κ1) is 14.7. The number of phenolic OH excluding ortho intramolecular Hbond substituents is 2. The van der Waals surface area contributed by atoms with Crippen molar-refractivity contribution in [3.05, 3.63) is 22.8 Å². The Morgan fingerprint density at radius 1 is 0.667 bits per heavy atom. The Balaban J connectivity index is 3.79. The Morgan fingerprint density at radius 3 is 1.06 bits per heavy atom. The lowest BCUT2D eigenvalue weighted by atomic mass is 9.80. The summed E-state index contributed by atoms with van der Waals surface area (Å²) in [5.41, 5.74) is -2.01. The lowest BCUT2D eigenvalue weighted by Crippen LogP contribution is -2.20. The number of benzene rings is 1. The maximum absolute atomic E-state index is 14.1. The Bertz CT molecular complexity index is 406. The molecule has 0 aromatic heterocycles. The van der Waals surface area contributed by atoms with E-state index in [4.69, 9.17) is 0 Å². The molecule has 0 spiro atoms. The smallest absolute Gasteiger partial charge is 0.166 e. The lowest BCUT2D eigenvalue weighted by molar-refractivity contribution is 0.347. The topological polar surface area (TPSA) is 40.5 Å². The van der Waals surface area contributed by atoms with Crippen LogP contribution in [0.5, 0.6) is 11.5 Å². The molecule has 0 unspecified atom stereocenters. The molecule has 1 aromatic rings. The first-order valence-electron chi connectivity index (χ1n) is 5.83. The summed E-state index contributed by atoms with van der Waals surface area (Å²) >= 11 is 0. The van der Waals surface area contributed by atoms with Gasteiger partial charge in [0.15, 0.2) is 23.1 Å². The van der Waals surface area contributed by atoms with E-state index in [0.717, 1.165) is 0 Å². The summed E-state index contributed by atoms with van der Waals surface area (Å²) in [5.74, 6) is -3.34. The van der Waals surface area contributed by atoms with Crippen LogP contribution in [0.1, 0.15) is 52.7 Å². The summed E-state index contributed by atoms with van der Waals surface area (Å²) in [6.07, 6.45) is 0. The fraction of sp³-hybridized carbons (Fsp3) is 0.571. The highest BCUT2D eigenvalue weighted by Gasteiger charge is 2.34. The van der Waals surface area contributed by atoms with Gasteiger partial charge in [0.05, 0.1) is 0 Å². The predicted octanol–water partition coefficient (Wildman–Crippen LogP) is 3.97. The molecule has 1 aromatic carbocycles. The molecular formula is C14H20F2O2. The van der Waals surface area contributed by atoms with Crippen molar-refractivity contribution < 1.29 is 19.0 Å². The molecule has 1 rings (SSSR count). The van der Waals surface area contributed by atoms with Gasteiger partial charge in [0.25, 0.3) is 0 Å². The van der Waals surface area contributed by atoms with Gasteiger partial charge in [0, 0.05) is 11.1 Å². The van der Waals surface area contributed by atoms with E-state index < -0.39 is 34.0 Å². The van der Waals surface area contributed by atoms with Gasteiger partial charge in [-0.3, -0.25) is 0 Å². The number of halogens is 2. The minimum absolute atomic E-state index is 0.203. The van der Waals surface area contributed by atoms with Crippen LogP contribution < -0.4 is 0 Å². The van der Waals surface area contributed by atoms with E-state index in [-0.39, 0.29) is 11.1 Å². The van der Waals surface area contributed by atoms with Crippen molar-refractivity contribution in [1.82, 2.24) is 0 Å². The molecule has 0 aliphatic rings. The van der Waals surface area contributed by atoms with Crippen LogP contribution in [0.4, 0.5) is 8.78 Å². The zero-order valence-corrected chi connectivity index (χ0v) is 11.7. The molecule has 2 nitrogen and oxygen atoms in total. The summed E-state index contributed by atoms with van der Waals surface area (Å²) in [6.45, 7) is 9.84. The molecule has 0 heterocycles. The maximum atomic E-state index is 14.1. The molecule has 0 aliphatic heterocycles. The molecule has 18 heavy (non-hydrogen) atoms. The van der Waals surface area contributed by atoms with E-state index in [9.17, 15) is 19.0 Å². The van der Waals surface area contributed by atoms with Crippen LogP contribution in [0.15, 0.2) is 0 Å². The quantitative estimate of drug-likeness (QED) is 0.691. The van der Waals surface area contributed by atoms with Gasteiger partial charge in [0.1, 0.15) is 0 Å². The maximum Gasteiger partial charge on any atom is 0.166 e. The zero-order valence-electron chi connectivity index (χ0n) is 11.7. The Labute approximate surface area is 106 Å². The third kappa shape index (κ3) is 2.28. The van der Waals surface area contributed by atoms with E-state index in [1.54, 1.807) is 41.5 Å². The first-order chi connectivity index (χ1) is 7.89. The number of hydrogen-bond acceptors (Lipinski definition) is 2. The minimum atomic E-state index is -1.09. The lowest BCUT2D eigenvalue weighted by Gasteiger charge is -2.27. The van der Waals surface area contributed by atoms with Crippen LogP contribution in [0.25, 0.3) is 0 Å². The monoisotopic (exact) mass is 258 g/mol. The number of hydrogen-bond donors (Lipinski definition) is 2.